The van der Waals surface area contributed by atoms with Crippen LogP contribution in [0, 0.1) is 13.8 Å². The molecule has 1 aliphatic rings. The summed E-state index contributed by atoms with van der Waals surface area (Å²) in [5.41, 5.74) is 1.28. The number of ether oxygens (including phenoxy) is 3. The molecule has 0 unspecified atom stereocenters. The molecule has 3 rings (SSSR count). The zero-order chi connectivity index (χ0) is 20.1. The maximum atomic E-state index is 12.7. The van der Waals surface area contributed by atoms with Gasteiger partial charge in [-0.2, -0.15) is 8.78 Å². The van der Waals surface area contributed by atoms with Crippen LogP contribution in [0.3, 0.4) is 0 Å². The Morgan fingerprint density at radius 2 is 1.97 bits per heavy atom. The van der Waals surface area contributed by atoms with Crippen LogP contribution in [0.5, 0.6) is 17.2 Å². The Bertz CT molecular complexity index is 841. The van der Waals surface area contributed by atoms with Crippen LogP contribution in [-0.2, 0) is 13.1 Å². The minimum atomic E-state index is -2.95. The Morgan fingerprint density at radius 3 is 2.59 bits per heavy atom. The molecule has 0 fully saturated rings. The Labute approximate surface area is 184 Å². The van der Waals surface area contributed by atoms with Gasteiger partial charge in [-0.3, -0.25) is 0 Å². The minimum Gasteiger partial charge on any atom is -0.454 e. The summed E-state index contributed by atoms with van der Waals surface area (Å²) in [6, 6.07) is 2.98. The normalized spacial score (nSPS) is 12.7. The lowest BCUT2D eigenvalue weighted by Crippen LogP contribution is -2.36. The fourth-order valence-electron chi connectivity index (χ4n) is 2.57. The predicted molar refractivity (Wildman–Crippen MR) is 112 cm³/mol. The lowest BCUT2D eigenvalue weighted by molar-refractivity contribution is -0.0505. The van der Waals surface area contributed by atoms with E-state index >= 15 is 0 Å². The maximum Gasteiger partial charge on any atom is 0.387 e. The summed E-state index contributed by atoms with van der Waals surface area (Å²) >= 11 is 0. The average Bonchev–Trinajstić information content (AvgIpc) is 3.22. The Hall–Kier alpha value is -2.31. The number of aliphatic imine (C=N–C) groups is 1. The van der Waals surface area contributed by atoms with Crippen LogP contribution in [0.25, 0.3) is 0 Å². The number of aromatic nitrogens is 1. The van der Waals surface area contributed by atoms with Gasteiger partial charge in [0.2, 0.25) is 12.7 Å². The standard InChI is InChI=1S/C18H22F2N4O4.HI/c1-4-21-18(23-8-16-24-10(2)11(3)27-16)22-7-12-5-14-15(26-9-25-14)6-13(12)28-17(19)20;/h5-6,17H,4,7-9H2,1-3H3,(H2,21,22,23);1H. The van der Waals surface area contributed by atoms with Crippen molar-refractivity contribution in [1.29, 1.82) is 0 Å². The second kappa shape index (κ2) is 10.5. The van der Waals surface area contributed by atoms with Crippen LogP contribution in [0.1, 0.15) is 29.8 Å². The molecule has 0 radical (unpaired) electrons. The number of nitrogens with zero attached hydrogens (tertiary/aromatic N) is 2. The van der Waals surface area contributed by atoms with Crippen molar-refractivity contribution in [3.8, 4) is 17.2 Å². The topological polar surface area (TPSA) is 90.1 Å². The molecule has 1 aromatic carbocycles. The monoisotopic (exact) mass is 524 g/mol. The van der Waals surface area contributed by atoms with Gasteiger partial charge in [0.1, 0.15) is 11.5 Å². The van der Waals surface area contributed by atoms with Crippen molar-refractivity contribution in [2.24, 2.45) is 4.99 Å². The van der Waals surface area contributed by atoms with Gasteiger partial charge in [-0.1, -0.05) is 0 Å². The second-order valence-corrected chi connectivity index (χ2v) is 5.99. The third-order valence-corrected chi connectivity index (χ3v) is 4.00. The van der Waals surface area contributed by atoms with Gasteiger partial charge in [-0.15, -0.1) is 24.0 Å². The van der Waals surface area contributed by atoms with Crippen molar-refractivity contribution in [2.75, 3.05) is 13.3 Å². The molecule has 0 bridgehead atoms. The first-order valence-electron chi connectivity index (χ1n) is 8.78. The first kappa shape index (κ1) is 23.0. The highest BCUT2D eigenvalue weighted by Crippen LogP contribution is 2.39. The number of halogens is 3. The fraction of sp³-hybridized carbons (Fsp3) is 0.444. The van der Waals surface area contributed by atoms with Crippen molar-refractivity contribution in [2.45, 2.75) is 40.5 Å². The number of oxazole rings is 1. The van der Waals surface area contributed by atoms with Gasteiger partial charge in [0, 0.05) is 18.2 Å². The maximum absolute atomic E-state index is 12.7. The Morgan fingerprint density at radius 1 is 1.24 bits per heavy atom. The molecule has 11 heteroatoms. The molecule has 0 saturated carbocycles. The van der Waals surface area contributed by atoms with E-state index in [1.165, 1.54) is 6.07 Å². The molecule has 1 aliphatic heterocycles. The van der Waals surface area contributed by atoms with Gasteiger partial charge < -0.3 is 29.3 Å². The molecule has 0 atom stereocenters. The molecule has 0 spiro atoms. The van der Waals surface area contributed by atoms with E-state index in [-0.39, 0.29) is 43.1 Å². The molecule has 2 N–H and O–H groups in total. The highest BCUT2D eigenvalue weighted by molar-refractivity contribution is 14.0. The van der Waals surface area contributed by atoms with Crippen molar-refractivity contribution < 1.29 is 27.4 Å². The van der Waals surface area contributed by atoms with E-state index in [1.807, 2.05) is 20.8 Å². The number of benzene rings is 1. The number of fused-ring (bicyclic) bond motifs is 1. The molecular weight excluding hydrogens is 501 g/mol. The van der Waals surface area contributed by atoms with E-state index in [4.69, 9.17) is 13.9 Å². The number of hydrogen-bond acceptors (Lipinski definition) is 6. The minimum absolute atomic E-state index is 0. The zero-order valence-corrected chi connectivity index (χ0v) is 18.6. The number of hydrogen-bond donors (Lipinski definition) is 2. The van der Waals surface area contributed by atoms with E-state index < -0.39 is 6.61 Å². The fourth-order valence-corrected chi connectivity index (χ4v) is 2.57. The van der Waals surface area contributed by atoms with Gasteiger partial charge in [0.25, 0.3) is 0 Å². The smallest absolute Gasteiger partial charge is 0.387 e. The average molecular weight is 524 g/mol. The van der Waals surface area contributed by atoms with Gasteiger partial charge in [0.05, 0.1) is 18.8 Å². The van der Waals surface area contributed by atoms with Gasteiger partial charge >= 0.3 is 6.61 Å². The van der Waals surface area contributed by atoms with Gasteiger partial charge in [0.15, 0.2) is 17.5 Å². The van der Waals surface area contributed by atoms with Crippen LogP contribution < -0.4 is 24.8 Å². The van der Waals surface area contributed by atoms with Gasteiger partial charge in [-0.05, 0) is 26.8 Å². The van der Waals surface area contributed by atoms with Gasteiger partial charge in [-0.25, -0.2) is 9.98 Å². The van der Waals surface area contributed by atoms with E-state index in [0.717, 1.165) is 11.5 Å². The lowest BCUT2D eigenvalue weighted by Gasteiger charge is -2.13. The summed E-state index contributed by atoms with van der Waals surface area (Å²) in [5.74, 6) is 2.60. The van der Waals surface area contributed by atoms with Crippen LogP contribution in [0.2, 0.25) is 0 Å². The molecule has 8 nitrogen and oxygen atoms in total. The quantitative estimate of drug-likeness (QED) is 0.326. The first-order chi connectivity index (χ1) is 13.5. The summed E-state index contributed by atoms with van der Waals surface area (Å²) < 4.78 is 46.1. The van der Waals surface area contributed by atoms with Crippen LogP contribution in [0.4, 0.5) is 8.78 Å². The van der Waals surface area contributed by atoms with E-state index in [0.29, 0.717) is 42.0 Å². The summed E-state index contributed by atoms with van der Waals surface area (Å²) in [4.78, 5) is 8.73. The van der Waals surface area contributed by atoms with Crippen molar-refractivity contribution >= 4 is 29.9 Å². The largest absolute Gasteiger partial charge is 0.454 e. The lowest BCUT2D eigenvalue weighted by atomic mass is 10.1. The second-order valence-electron chi connectivity index (χ2n) is 5.99. The number of rotatable bonds is 7. The number of nitrogens with one attached hydrogen (secondary N) is 2. The van der Waals surface area contributed by atoms with E-state index in [9.17, 15) is 8.78 Å². The Kier molecular flexibility index (Phi) is 8.29. The van der Waals surface area contributed by atoms with E-state index in [2.05, 4.69) is 25.3 Å². The van der Waals surface area contributed by atoms with Crippen molar-refractivity contribution in [3.63, 3.8) is 0 Å². The number of alkyl halides is 2. The molecule has 160 valence electrons. The van der Waals surface area contributed by atoms with Crippen molar-refractivity contribution in [1.82, 2.24) is 15.6 Å². The number of guanidine groups is 1. The number of aryl methyl sites for hydroxylation is 2. The van der Waals surface area contributed by atoms with Crippen molar-refractivity contribution in [3.05, 3.63) is 35.0 Å². The van der Waals surface area contributed by atoms with Crippen LogP contribution >= 0.6 is 24.0 Å². The third kappa shape index (κ3) is 6.08. The molecular formula is C18H23F2IN4O4. The van der Waals surface area contributed by atoms with Crippen LogP contribution in [0.15, 0.2) is 21.5 Å². The van der Waals surface area contributed by atoms with Crippen LogP contribution in [-0.4, -0.2) is 30.9 Å². The Balaban J connectivity index is 0.00000300. The third-order valence-electron chi connectivity index (χ3n) is 4.00. The molecule has 2 heterocycles. The zero-order valence-electron chi connectivity index (χ0n) is 16.3. The van der Waals surface area contributed by atoms with E-state index in [1.54, 1.807) is 6.07 Å². The molecule has 0 amide bonds. The molecule has 1 aromatic heterocycles. The highest BCUT2D eigenvalue weighted by atomic mass is 127. The molecule has 0 aliphatic carbocycles. The summed E-state index contributed by atoms with van der Waals surface area (Å²) in [6.45, 7) is 3.77. The summed E-state index contributed by atoms with van der Waals surface area (Å²) in [6.07, 6.45) is 0. The summed E-state index contributed by atoms with van der Waals surface area (Å²) in [5, 5.41) is 6.18. The SMILES string of the molecule is CCNC(=NCc1cc2c(cc1OC(F)F)OCO2)NCc1nc(C)c(C)o1.I. The predicted octanol–water partition coefficient (Wildman–Crippen LogP) is 3.49. The highest BCUT2D eigenvalue weighted by Gasteiger charge is 2.20. The molecule has 0 saturated heterocycles. The first-order valence-corrected chi connectivity index (χ1v) is 8.78. The summed E-state index contributed by atoms with van der Waals surface area (Å²) in [7, 11) is 0. The molecule has 29 heavy (non-hydrogen) atoms. The molecule has 2 aromatic rings.